The first-order chi connectivity index (χ1) is 11.8. The molecule has 25 heavy (non-hydrogen) atoms. The highest BCUT2D eigenvalue weighted by molar-refractivity contribution is 14.0. The standard InChI is InChI=1S/C16H23N7O.HI/c1-2-18-16(19-8-4-10-23-11-5-9-21-23)20-13-15(24)22-14-6-3-7-17-12-14;/h3,5-7,9,11-12H,2,4,8,10,13H2,1H3,(H,22,24)(H2,18,19,20);1H. The highest BCUT2D eigenvalue weighted by Crippen LogP contribution is 2.01. The molecule has 3 N–H and O–H groups in total. The Balaban J connectivity index is 0.00000312. The first-order valence-corrected chi connectivity index (χ1v) is 7.97. The number of hydrogen-bond acceptors (Lipinski definition) is 4. The van der Waals surface area contributed by atoms with E-state index < -0.39 is 0 Å². The average Bonchev–Trinajstić information content (AvgIpc) is 3.11. The van der Waals surface area contributed by atoms with Gasteiger partial charge in [-0.05, 0) is 31.5 Å². The molecule has 0 aliphatic carbocycles. The predicted molar refractivity (Wildman–Crippen MR) is 109 cm³/mol. The quantitative estimate of drug-likeness (QED) is 0.242. The van der Waals surface area contributed by atoms with E-state index in [4.69, 9.17) is 0 Å². The smallest absolute Gasteiger partial charge is 0.246 e. The summed E-state index contributed by atoms with van der Waals surface area (Å²) in [4.78, 5) is 20.1. The minimum atomic E-state index is -0.184. The number of carbonyl (C=O) groups excluding carboxylic acids is 1. The van der Waals surface area contributed by atoms with Gasteiger partial charge in [0.05, 0.1) is 11.9 Å². The Morgan fingerprint density at radius 3 is 2.84 bits per heavy atom. The van der Waals surface area contributed by atoms with Gasteiger partial charge < -0.3 is 16.0 Å². The highest BCUT2D eigenvalue weighted by atomic mass is 127. The van der Waals surface area contributed by atoms with Crippen LogP contribution in [0.4, 0.5) is 5.69 Å². The summed E-state index contributed by atoms with van der Waals surface area (Å²) in [6, 6.07) is 5.46. The summed E-state index contributed by atoms with van der Waals surface area (Å²) in [7, 11) is 0. The molecule has 2 aromatic rings. The molecule has 0 bridgehead atoms. The molecule has 2 aromatic heterocycles. The molecular formula is C16H24IN7O. The Morgan fingerprint density at radius 1 is 1.28 bits per heavy atom. The van der Waals surface area contributed by atoms with Gasteiger partial charge in [0, 0.05) is 38.2 Å². The summed E-state index contributed by atoms with van der Waals surface area (Å²) < 4.78 is 1.88. The van der Waals surface area contributed by atoms with Crippen molar-refractivity contribution in [3.8, 4) is 0 Å². The van der Waals surface area contributed by atoms with Crippen molar-refractivity contribution < 1.29 is 4.79 Å². The summed E-state index contributed by atoms with van der Waals surface area (Å²) in [5.74, 6) is 0.441. The van der Waals surface area contributed by atoms with Crippen LogP contribution in [-0.2, 0) is 11.3 Å². The van der Waals surface area contributed by atoms with Gasteiger partial charge in [-0.15, -0.1) is 24.0 Å². The van der Waals surface area contributed by atoms with E-state index in [1.165, 1.54) is 0 Å². The first-order valence-electron chi connectivity index (χ1n) is 7.97. The van der Waals surface area contributed by atoms with E-state index >= 15 is 0 Å². The van der Waals surface area contributed by atoms with Crippen molar-refractivity contribution in [1.82, 2.24) is 25.4 Å². The average molecular weight is 457 g/mol. The van der Waals surface area contributed by atoms with Crippen LogP contribution < -0.4 is 16.0 Å². The molecule has 0 saturated heterocycles. The first kappa shape index (κ1) is 20.9. The van der Waals surface area contributed by atoms with Crippen LogP contribution in [0.25, 0.3) is 0 Å². The normalized spacial score (nSPS) is 10.7. The van der Waals surface area contributed by atoms with Crippen LogP contribution in [0, 0.1) is 0 Å². The number of aromatic nitrogens is 3. The Hall–Kier alpha value is -2.17. The van der Waals surface area contributed by atoms with E-state index in [1.807, 2.05) is 23.9 Å². The molecule has 136 valence electrons. The second-order valence-corrected chi connectivity index (χ2v) is 5.03. The molecular weight excluding hydrogens is 433 g/mol. The lowest BCUT2D eigenvalue weighted by Gasteiger charge is -2.11. The van der Waals surface area contributed by atoms with E-state index in [-0.39, 0.29) is 36.4 Å². The third kappa shape index (κ3) is 8.47. The van der Waals surface area contributed by atoms with Crippen LogP contribution in [0.15, 0.2) is 48.0 Å². The number of aryl methyl sites for hydroxylation is 1. The highest BCUT2D eigenvalue weighted by Gasteiger charge is 2.03. The molecule has 2 rings (SSSR count). The van der Waals surface area contributed by atoms with E-state index in [0.717, 1.165) is 26.1 Å². The van der Waals surface area contributed by atoms with Gasteiger partial charge >= 0.3 is 0 Å². The monoisotopic (exact) mass is 457 g/mol. The summed E-state index contributed by atoms with van der Waals surface area (Å²) >= 11 is 0. The number of anilines is 1. The molecule has 0 unspecified atom stereocenters. The number of carbonyl (C=O) groups is 1. The Morgan fingerprint density at radius 2 is 2.16 bits per heavy atom. The Labute approximate surface area is 164 Å². The van der Waals surface area contributed by atoms with Gasteiger partial charge in [-0.25, -0.2) is 4.99 Å². The van der Waals surface area contributed by atoms with Crippen LogP contribution in [-0.4, -0.2) is 46.3 Å². The number of nitrogens with one attached hydrogen (secondary N) is 3. The molecule has 0 spiro atoms. The number of pyridine rings is 1. The van der Waals surface area contributed by atoms with Gasteiger partial charge in [-0.3, -0.25) is 14.5 Å². The zero-order valence-electron chi connectivity index (χ0n) is 14.2. The second kappa shape index (κ2) is 12.2. The fraction of sp³-hybridized carbons (Fsp3) is 0.375. The van der Waals surface area contributed by atoms with Gasteiger partial charge in [0.1, 0.15) is 6.54 Å². The van der Waals surface area contributed by atoms with Gasteiger partial charge in [-0.1, -0.05) is 0 Å². The Kier molecular flexibility index (Phi) is 10.2. The van der Waals surface area contributed by atoms with Crippen molar-refractivity contribution in [3.05, 3.63) is 43.0 Å². The topological polar surface area (TPSA) is 96.2 Å². The maximum Gasteiger partial charge on any atom is 0.246 e. The lowest BCUT2D eigenvalue weighted by Crippen LogP contribution is -2.38. The van der Waals surface area contributed by atoms with Crippen molar-refractivity contribution in [2.24, 2.45) is 4.99 Å². The molecule has 8 nitrogen and oxygen atoms in total. The predicted octanol–water partition coefficient (Wildman–Crippen LogP) is 1.48. The molecule has 2 heterocycles. The molecule has 1 amide bonds. The fourth-order valence-corrected chi connectivity index (χ4v) is 2.01. The van der Waals surface area contributed by atoms with E-state index in [1.54, 1.807) is 30.7 Å². The van der Waals surface area contributed by atoms with Crippen molar-refractivity contribution in [2.45, 2.75) is 19.9 Å². The molecule has 0 fully saturated rings. The zero-order chi connectivity index (χ0) is 17.0. The second-order valence-electron chi connectivity index (χ2n) is 5.03. The van der Waals surface area contributed by atoms with E-state index in [0.29, 0.717) is 11.6 Å². The summed E-state index contributed by atoms with van der Waals surface area (Å²) in [5, 5.41) is 13.2. The van der Waals surface area contributed by atoms with E-state index in [2.05, 4.69) is 31.0 Å². The molecule has 0 aliphatic heterocycles. The third-order valence-electron chi connectivity index (χ3n) is 3.09. The maximum atomic E-state index is 11.9. The zero-order valence-corrected chi connectivity index (χ0v) is 16.5. The minimum Gasteiger partial charge on any atom is -0.357 e. The van der Waals surface area contributed by atoms with Gasteiger partial charge in [0.2, 0.25) is 5.91 Å². The van der Waals surface area contributed by atoms with Gasteiger partial charge in [0.15, 0.2) is 5.96 Å². The fourth-order valence-electron chi connectivity index (χ4n) is 2.01. The SMILES string of the molecule is CCNC(=NCC(=O)Nc1cccnc1)NCCCn1cccn1.I. The number of nitrogens with zero attached hydrogens (tertiary/aromatic N) is 4. The Bertz CT molecular complexity index is 631. The summed E-state index contributed by atoms with van der Waals surface area (Å²) in [6.07, 6.45) is 7.86. The molecule has 0 radical (unpaired) electrons. The lowest BCUT2D eigenvalue weighted by atomic mass is 10.4. The summed E-state index contributed by atoms with van der Waals surface area (Å²) in [5.41, 5.74) is 0.662. The van der Waals surface area contributed by atoms with Crippen LogP contribution in [0.1, 0.15) is 13.3 Å². The van der Waals surface area contributed by atoms with Crippen LogP contribution >= 0.6 is 24.0 Å². The van der Waals surface area contributed by atoms with Gasteiger partial charge in [0.25, 0.3) is 0 Å². The van der Waals surface area contributed by atoms with Crippen LogP contribution in [0.3, 0.4) is 0 Å². The van der Waals surface area contributed by atoms with Gasteiger partial charge in [-0.2, -0.15) is 5.10 Å². The number of guanidine groups is 1. The van der Waals surface area contributed by atoms with Crippen LogP contribution in [0.5, 0.6) is 0 Å². The molecule has 0 aromatic carbocycles. The van der Waals surface area contributed by atoms with Crippen molar-refractivity contribution in [3.63, 3.8) is 0 Å². The molecule has 9 heteroatoms. The molecule has 0 saturated carbocycles. The number of amides is 1. The number of halogens is 1. The van der Waals surface area contributed by atoms with Crippen molar-refractivity contribution in [2.75, 3.05) is 25.0 Å². The number of hydrogen-bond donors (Lipinski definition) is 3. The number of rotatable bonds is 8. The van der Waals surface area contributed by atoms with Crippen molar-refractivity contribution >= 4 is 41.5 Å². The largest absolute Gasteiger partial charge is 0.357 e. The number of aliphatic imine (C=N–C) groups is 1. The maximum absolute atomic E-state index is 11.9. The summed E-state index contributed by atoms with van der Waals surface area (Å²) in [6.45, 7) is 4.34. The van der Waals surface area contributed by atoms with E-state index in [9.17, 15) is 4.79 Å². The van der Waals surface area contributed by atoms with Crippen LogP contribution in [0.2, 0.25) is 0 Å². The lowest BCUT2D eigenvalue weighted by molar-refractivity contribution is -0.114. The molecule has 0 aliphatic rings. The van der Waals surface area contributed by atoms with Crippen molar-refractivity contribution in [1.29, 1.82) is 0 Å². The minimum absolute atomic E-state index is 0. The third-order valence-corrected chi connectivity index (χ3v) is 3.09. The molecule has 0 atom stereocenters.